The van der Waals surface area contributed by atoms with Crippen LogP contribution in [0.3, 0.4) is 0 Å². The normalized spacial score (nSPS) is 13.7. The average molecular weight is 451 g/mol. The summed E-state index contributed by atoms with van der Waals surface area (Å²) in [5, 5.41) is -0.365. The van der Waals surface area contributed by atoms with Gasteiger partial charge < -0.3 is 4.98 Å². The molecule has 0 aliphatic rings. The molecular weight excluding hydrogens is 439 g/mol. The van der Waals surface area contributed by atoms with Gasteiger partial charge in [0, 0.05) is 6.26 Å². The van der Waals surface area contributed by atoms with E-state index in [1.807, 2.05) is 0 Å². The van der Waals surface area contributed by atoms with Crippen LogP contribution >= 0.6 is 34.8 Å². The molecule has 0 amide bonds. The second-order valence-electron chi connectivity index (χ2n) is 5.87. The van der Waals surface area contributed by atoms with Gasteiger partial charge in [0.05, 0.1) is 25.7 Å². The standard InChI is InChI=1S/C17H12Cl3F2N3OS/c1-27(23,26)17-15(20)24-16(25-17)14(8-2-4-12(21)10(18)6-8)9-3-5-13(22)11(19)7-9/h2-7,14,23H,1H3,(H,24,25). The van der Waals surface area contributed by atoms with Gasteiger partial charge in [-0.25, -0.2) is 22.8 Å². The highest BCUT2D eigenvalue weighted by molar-refractivity contribution is 7.91. The highest BCUT2D eigenvalue weighted by atomic mass is 35.5. The van der Waals surface area contributed by atoms with Crippen molar-refractivity contribution in [2.45, 2.75) is 10.9 Å². The van der Waals surface area contributed by atoms with Crippen molar-refractivity contribution >= 4 is 44.5 Å². The zero-order valence-electron chi connectivity index (χ0n) is 13.7. The van der Waals surface area contributed by atoms with Crippen LogP contribution in [0.15, 0.2) is 41.4 Å². The molecule has 0 radical (unpaired) electrons. The molecule has 0 saturated heterocycles. The monoisotopic (exact) mass is 449 g/mol. The van der Waals surface area contributed by atoms with E-state index < -0.39 is 27.3 Å². The highest BCUT2D eigenvalue weighted by Gasteiger charge is 2.25. The lowest BCUT2D eigenvalue weighted by Crippen LogP contribution is -2.07. The minimum Gasteiger partial charge on any atom is -0.332 e. The summed E-state index contributed by atoms with van der Waals surface area (Å²) in [6.07, 6.45) is 1.20. The number of benzene rings is 2. The predicted octanol–water partition coefficient (Wildman–Crippen LogP) is 5.86. The molecule has 0 saturated carbocycles. The van der Waals surface area contributed by atoms with Crippen molar-refractivity contribution in [2.24, 2.45) is 0 Å². The Kier molecular flexibility index (Phi) is 5.49. The van der Waals surface area contributed by atoms with Crippen molar-refractivity contribution in [1.82, 2.24) is 9.97 Å². The summed E-state index contributed by atoms with van der Waals surface area (Å²) in [7, 11) is -3.16. The summed E-state index contributed by atoms with van der Waals surface area (Å²) in [6.45, 7) is 0. The summed E-state index contributed by atoms with van der Waals surface area (Å²) < 4.78 is 47.0. The van der Waals surface area contributed by atoms with Gasteiger partial charge in [-0.1, -0.05) is 46.9 Å². The van der Waals surface area contributed by atoms with E-state index in [-0.39, 0.29) is 26.0 Å². The van der Waals surface area contributed by atoms with E-state index in [1.165, 1.54) is 42.7 Å². The minimum atomic E-state index is -3.16. The molecule has 10 heteroatoms. The predicted molar refractivity (Wildman–Crippen MR) is 102 cm³/mol. The van der Waals surface area contributed by atoms with Crippen LogP contribution in [0.1, 0.15) is 22.9 Å². The fourth-order valence-corrected chi connectivity index (χ4v) is 4.26. The largest absolute Gasteiger partial charge is 0.332 e. The molecule has 1 heterocycles. The first-order chi connectivity index (χ1) is 12.6. The lowest BCUT2D eigenvalue weighted by molar-refractivity contribution is 0.626. The van der Waals surface area contributed by atoms with Gasteiger partial charge in [-0.05, 0) is 35.4 Å². The van der Waals surface area contributed by atoms with Gasteiger partial charge in [-0.15, -0.1) is 0 Å². The van der Waals surface area contributed by atoms with Gasteiger partial charge in [-0.3, -0.25) is 0 Å². The summed E-state index contributed by atoms with van der Waals surface area (Å²) in [6, 6.07) is 8.16. The molecule has 2 N–H and O–H groups in total. The molecule has 0 aliphatic heterocycles. The van der Waals surface area contributed by atoms with Crippen molar-refractivity contribution in [1.29, 1.82) is 4.78 Å². The molecule has 3 rings (SSSR count). The summed E-state index contributed by atoms with van der Waals surface area (Å²) in [5.41, 5.74) is 1.04. The maximum absolute atomic E-state index is 13.6. The number of nitrogens with zero attached hydrogens (tertiary/aromatic N) is 1. The third kappa shape index (κ3) is 4.11. The van der Waals surface area contributed by atoms with E-state index in [0.29, 0.717) is 11.1 Å². The average Bonchev–Trinajstić information content (AvgIpc) is 2.96. The molecule has 27 heavy (non-hydrogen) atoms. The number of H-pyrrole nitrogens is 1. The first-order valence-electron chi connectivity index (χ1n) is 7.47. The van der Waals surface area contributed by atoms with Crippen LogP contribution in [0.4, 0.5) is 8.78 Å². The Morgan fingerprint density at radius 1 is 1.04 bits per heavy atom. The van der Waals surface area contributed by atoms with E-state index in [2.05, 4.69) is 9.97 Å². The molecular formula is C17H12Cl3F2N3OS. The van der Waals surface area contributed by atoms with Gasteiger partial charge >= 0.3 is 0 Å². The molecule has 1 atom stereocenters. The van der Waals surface area contributed by atoms with Crippen molar-refractivity contribution < 1.29 is 13.0 Å². The van der Waals surface area contributed by atoms with E-state index in [0.717, 1.165) is 0 Å². The Balaban J connectivity index is 2.24. The van der Waals surface area contributed by atoms with Crippen molar-refractivity contribution in [2.75, 3.05) is 6.26 Å². The topological polar surface area (TPSA) is 69.6 Å². The first-order valence-corrected chi connectivity index (χ1v) is 10.6. The Hall–Kier alpha value is -1.67. The van der Waals surface area contributed by atoms with E-state index >= 15 is 0 Å². The van der Waals surface area contributed by atoms with Gasteiger partial charge in [0.1, 0.15) is 17.5 Å². The number of hydrogen-bond donors (Lipinski definition) is 2. The van der Waals surface area contributed by atoms with Crippen LogP contribution in [-0.4, -0.2) is 20.4 Å². The number of imidazole rings is 1. The summed E-state index contributed by atoms with van der Waals surface area (Å²) in [4.78, 5) is 6.98. The number of aromatic amines is 1. The lowest BCUT2D eigenvalue weighted by atomic mass is 9.90. The smallest absolute Gasteiger partial charge is 0.164 e. The van der Waals surface area contributed by atoms with Crippen LogP contribution in [0.25, 0.3) is 0 Å². The maximum Gasteiger partial charge on any atom is 0.164 e. The minimum absolute atomic E-state index is 0.0365. The van der Waals surface area contributed by atoms with Crippen molar-refractivity contribution in [3.63, 3.8) is 0 Å². The molecule has 3 aromatic rings. The lowest BCUT2D eigenvalue weighted by Gasteiger charge is -2.17. The zero-order valence-corrected chi connectivity index (χ0v) is 16.8. The van der Waals surface area contributed by atoms with Crippen LogP contribution in [0, 0.1) is 16.4 Å². The number of hydrogen-bond acceptors (Lipinski definition) is 3. The molecule has 0 aliphatic carbocycles. The number of aromatic nitrogens is 2. The Bertz CT molecular complexity index is 1080. The quantitative estimate of drug-likeness (QED) is 0.522. The second kappa shape index (κ2) is 7.39. The second-order valence-corrected chi connectivity index (χ2v) is 9.13. The molecule has 142 valence electrons. The summed E-state index contributed by atoms with van der Waals surface area (Å²) in [5.74, 6) is -1.65. The van der Waals surface area contributed by atoms with Gasteiger partial charge in [0.25, 0.3) is 0 Å². The molecule has 4 nitrogen and oxygen atoms in total. The molecule has 1 unspecified atom stereocenters. The van der Waals surface area contributed by atoms with Crippen molar-refractivity contribution in [3.8, 4) is 0 Å². The number of halogens is 5. The Morgan fingerprint density at radius 2 is 1.52 bits per heavy atom. The van der Waals surface area contributed by atoms with E-state index in [1.54, 1.807) is 0 Å². The Morgan fingerprint density at radius 3 is 1.89 bits per heavy atom. The number of nitrogens with one attached hydrogen (secondary N) is 2. The summed E-state index contributed by atoms with van der Waals surface area (Å²) >= 11 is 17.9. The van der Waals surface area contributed by atoms with Gasteiger partial charge in [-0.2, -0.15) is 0 Å². The highest BCUT2D eigenvalue weighted by Crippen LogP contribution is 2.35. The van der Waals surface area contributed by atoms with Crippen LogP contribution in [0.2, 0.25) is 15.2 Å². The molecule has 2 aromatic carbocycles. The van der Waals surface area contributed by atoms with E-state index in [4.69, 9.17) is 39.6 Å². The number of rotatable bonds is 4. The zero-order chi connectivity index (χ0) is 19.9. The molecule has 1 aromatic heterocycles. The van der Waals surface area contributed by atoms with Crippen LogP contribution in [-0.2, 0) is 9.73 Å². The van der Waals surface area contributed by atoms with Crippen molar-refractivity contribution in [3.05, 3.63) is 80.2 Å². The maximum atomic E-state index is 13.6. The van der Waals surface area contributed by atoms with Gasteiger partial charge in [0.15, 0.2) is 10.2 Å². The van der Waals surface area contributed by atoms with Crippen LogP contribution in [0.5, 0.6) is 0 Å². The Labute approximate surface area is 169 Å². The fourth-order valence-electron chi connectivity index (χ4n) is 2.64. The first kappa shape index (κ1) is 20.1. The third-order valence-electron chi connectivity index (χ3n) is 3.86. The van der Waals surface area contributed by atoms with E-state index in [9.17, 15) is 13.0 Å². The van der Waals surface area contributed by atoms with Crippen LogP contribution < -0.4 is 0 Å². The molecule has 0 fully saturated rings. The fraction of sp³-hybridized carbons (Fsp3) is 0.118. The molecule has 0 bridgehead atoms. The van der Waals surface area contributed by atoms with Gasteiger partial charge in [0.2, 0.25) is 0 Å². The SMILES string of the molecule is CS(=N)(=O)c1[nH]c(C(c2ccc(F)c(Cl)c2)c2ccc(F)c(Cl)c2)nc1Cl. The third-order valence-corrected chi connectivity index (χ3v) is 5.90. The molecule has 0 spiro atoms.